The first-order valence-corrected chi connectivity index (χ1v) is 7.03. The largest absolute Gasteiger partial charge is 0.468 e. The minimum Gasteiger partial charge on any atom is -0.468 e. The predicted octanol–water partition coefficient (Wildman–Crippen LogP) is 1.19. The van der Waals surface area contributed by atoms with Crippen LogP contribution in [-0.2, 0) is 19.6 Å². The molecule has 1 aromatic carbocycles. The molecule has 0 aliphatic heterocycles. The number of esters is 1. The molecule has 7 heteroatoms. The van der Waals surface area contributed by atoms with Crippen molar-refractivity contribution in [2.45, 2.75) is 19.1 Å². The Kier molecular flexibility index (Phi) is 4.66. The van der Waals surface area contributed by atoms with Crippen LogP contribution in [0, 0.1) is 0 Å². The molecule has 1 N–H and O–H groups in total. The van der Waals surface area contributed by atoms with E-state index in [2.05, 4.69) is 9.46 Å². The highest BCUT2D eigenvalue weighted by molar-refractivity contribution is 7.94. The zero-order chi connectivity index (χ0) is 14.6. The van der Waals surface area contributed by atoms with Gasteiger partial charge >= 0.3 is 5.97 Å². The van der Waals surface area contributed by atoms with Crippen molar-refractivity contribution in [3.63, 3.8) is 0 Å². The van der Waals surface area contributed by atoms with Gasteiger partial charge in [-0.15, -0.1) is 0 Å². The molecule has 0 bridgehead atoms. The van der Waals surface area contributed by atoms with Crippen molar-refractivity contribution in [1.82, 2.24) is 0 Å². The zero-order valence-electron chi connectivity index (χ0n) is 10.8. The number of hydrogen-bond acceptors (Lipinski definition) is 5. The van der Waals surface area contributed by atoms with Gasteiger partial charge in [0.05, 0.1) is 7.11 Å². The number of ether oxygens (including phenoxy) is 1. The average Bonchev–Trinajstić information content (AvgIpc) is 2.36. The summed E-state index contributed by atoms with van der Waals surface area (Å²) in [6, 6.07) is 6.03. The molecule has 1 atom stereocenters. The van der Waals surface area contributed by atoms with Crippen LogP contribution in [0.3, 0.4) is 0 Å². The second kappa shape index (κ2) is 5.83. The van der Waals surface area contributed by atoms with E-state index in [-0.39, 0.29) is 11.5 Å². The van der Waals surface area contributed by atoms with Crippen molar-refractivity contribution in [2.75, 3.05) is 11.8 Å². The lowest BCUT2D eigenvalue weighted by atomic mass is 10.1. The van der Waals surface area contributed by atoms with Gasteiger partial charge in [-0.1, -0.05) is 12.1 Å². The van der Waals surface area contributed by atoms with Gasteiger partial charge in [-0.25, -0.2) is 8.42 Å². The number of ketones is 1. The lowest BCUT2D eigenvalue weighted by Crippen LogP contribution is -2.33. The van der Waals surface area contributed by atoms with Gasteiger partial charge in [-0.05, 0) is 26.0 Å². The molecule has 0 radical (unpaired) electrons. The van der Waals surface area contributed by atoms with Gasteiger partial charge in [-0.2, -0.15) is 0 Å². The minimum atomic E-state index is -3.90. The highest BCUT2D eigenvalue weighted by Gasteiger charge is 2.28. The Balaban J connectivity index is 2.99. The van der Waals surface area contributed by atoms with Gasteiger partial charge < -0.3 is 4.74 Å². The summed E-state index contributed by atoms with van der Waals surface area (Å²) in [6.07, 6.45) is 0. The van der Waals surface area contributed by atoms with E-state index in [4.69, 9.17) is 0 Å². The van der Waals surface area contributed by atoms with E-state index in [0.717, 1.165) is 7.11 Å². The number of hydrogen-bond donors (Lipinski definition) is 1. The molecule has 0 spiro atoms. The monoisotopic (exact) mass is 285 g/mol. The summed E-state index contributed by atoms with van der Waals surface area (Å²) in [6.45, 7) is 2.60. The standard InChI is InChI=1S/C12H15NO5S/c1-8(14)10-5-4-6-11(7-10)13-19(16,17)9(2)12(15)18-3/h4-7,9,13H,1-3H3. The van der Waals surface area contributed by atoms with E-state index in [9.17, 15) is 18.0 Å². The number of carbonyl (C=O) groups excluding carboxylic acids is 2. The Morgan fingerprint density at radius 3 is 2.47 bits per heavy atom. The molecule has 0 heterocycles. The van der Waals surface area contributed by atoms with E-state index in [1.807, 2.05) is 0 Å². The van der Waals surface area contributed by atoms with E-state index >= 15 is 0 Å². The van der Waals surface area contributed by atoms with Crippen LogP contribution in [0.4, 0.5) is 5.69 Å². The number of methoxy groups -OCH3 is 1. The second-order valence-corrected chi connectivity index (χ2v) is 5.95. The zero-order valence-corrected chi connectivity index (χ0v) is 11.7. The third-order valence-corrected chi connectivity index (χ3v) is 4.17. The summed E-state index contributed by atoms with van der Waals surface area (Å²) in [5.74, 6) is -1.03. The summed E-state index contributed by atoms with van der Waals surface area (Å²) >= 11 is 0. The fourth-order valence-corrected chi connectivity index (χ4v) is 2.33. The van der Waals surface area contributed by atoms with Gasteiger partial charge in [-0.3, -0.25) is 14.3 Å². The van der Waals surface area contributed by atoms with Gasteiger partial charge in [0, 0.05) is 11.3 Å². The SMILES string of the molecule is COC(=O)C(C)S(=O)(=O)Nc1cccc(C(C)=O)c1. The van der Waals surface area contributed by atoms with E-state index < -0.39 is 21.2 Å². The quantitative estimate of drug-likeness (QED) is 0.648. The molecule has 0 aromatic heterocycles. The van der Waals surface area contributed by atoms with Crippen molar-refractivity contribution in [1.29, 1.82) is 0 Å². The lowest BCUT2D eigenvalue weighted by molar-refractivity contribution is -0.139. The molecular formula is C12H15NO5S. The molecular weight excluding hydrogens is 270 g/mol. The molecule has 6 nitrogen and oxygen atoms in total. The number of sulfonamides is 1. The number of Topliss-reactive ketones (excluding diaryl/α,β-unsaturated/α-hetero) is 1. The lowest BCUT2D eigenvalue weighted by Gasteiger charge is -2.13. The molecule has 1 rings (SSSR count). The van der Waals surface area contributed by atoms with Crippen molar-refractivity contribution < 1.29 is 22.7 Å². The van der Waals surface area contributed by atoms with Crippen LogP contribution >= 0.6 is 0 Å². The van der Waals surface area contributed by atoms with E-state index in [0.29, 0.717) is 5.56 Å². The Hall–Kier alpha value is -1.89. The first-order chi connectivity index (χ1) is 8.77. The van der Waals surface area contributed by atoms with Crippen molar-refractivity contribution in [3.8, 4) is 0 Å². The Morgan fingerprint density at radius 2 is 1.95 bits per heavy atom. The Labute approximate surface area is 111 Å². The van der Waals surface area contributed by atoms with E-state index in [1.165, 1.54) is 26.0 Å². The number of nitrogens with one attached hydrogen (secondary N) is 1. The second-order valence-electron chi connectivity index (χ2n) is 3.95. The Bertz CT molecular complexity index is 594. The molecule has 0 aliphatic carbocycles. The first-order valence-electron chi connectivity index (χ1n) is 5.48. The molecule has 104 valence electrons. The van der Waals surface area contributed by atoms with Gasteiger partial charge in [0.15, 0.2) is 11.0 Å². The highest BCUT2D eigenvalue weighted by atomic mass is 32.2. The maximum Gasteiger partial charge on any atom is 0.325 e. The van der Waals surface area contributed by atoms with Crippen molar-refractivity contribution in [3.05, 3.63) is 29.8 Å². The first kappa shape index (κ1) is 15.2. The summed E-state index contributed by atoms with van der Waals surface area (Å²) in [5.41, 5.74) is 0.606. The van der Waals surface area contributed by atoms with Crippen LogP contribution < -0.4 is 4.72 Å². The normalized spacial score (nSPS) is 12.6. The van der Waals surface area contributed by atoms with Crippen LogP contribution in [0.15, 0.2) is 24.3 Å². The van der Waals surface area contributed by atoms with Gasteiger partial charge in [0.2, 0.25) is 10.0 Å². The maximum atomic E-state index is 11.9. The number of benzene rings is 1. The minimum absolute atomic E-state index is 0.179. The van der Waals surface area contributed by atoms with Crippen LogP contribution in [-0.4, -0.2) is 32.5 Å². The molecule has 19 heavy (non-hydrogen) atoms. The molecule has 0 fully saturated rings. The summed E-state index contributed by atoms with van der Waals surface area (Å²) in [7, 11) is -2.79. The molecule has 1 aromatic rings. The van der Waals surface area contributed by atoms with Crippen LogP contribution in [0.2, 0.25) is 0 Å². The van der Waals surface area contributed by atoms with Gasteiger partial charge in [0.1, 0.15) is 0 Å². The maximum absolute atomic E-state index is 11.9. The number of rotatable bonds is 5. The molecule has 0 saturated heterocycles. The smallest absolute Gasteiger partial charge is 0.325 e. The molecule has 1 unspecified atom stereocenters. The van der Waals surface area contributed by atoms with Gasteiger partial charge in [0.25, 0.3) is 0 Å². The number of carbonyl (C=O) groups is 2. The topological polar surface area (TPSA) is 89.5 Å². The predicted molar refractivity (Wildman–Crippen MR) is 70.5 cm³/mol. The number of anilines is 1. The Morgan fingerprint density at radius 1 is 1.32 bits per heavy atom. The van der Waals surface area contributed by atoms with Crippen LogP contribution in [0.1, 0.15) is 24.2 Å². The van der Waals surface area contributed by atoms with Crippen LogP contribution in [0.25, 0.3) is 0 Å². The average molecular weight is 285 g/mol. The highest BCUT2D eigenvalue weighted by Crippen LogP contribution is 2.15. The van der Waals surface area contributed by atoms with Crippen molar-refractivity contribution in [2.24, 2.45) is 0 Å². The summed E-state index contributed by atoms with van der Waals surface area (Å²) in [5, 5.41) is -1.33. The molecule has 0 amide bonds. The summed E-state index contributed by atoms with van der Waals surface area (Å²) in [4.78, 5) is 22.4. The molecule has 0 aliphatic rings. The van der Waals surface area contributed by atoms with Crippen LogP contribution in [0.5, 0.6) is 0 Å². The summed E-state index contributed by atoms with van der Waals surface area (Å²) < 4.78 is 30.4. The third kappa shape index (κ3) is 3.78. The third-order valence-electron chi connectivity index (χ3n) is 2.53. The van der Waals surface area contributed by atoms with Crippen molar-refractivity contribution >= 4 is 27.5 Å². The fourth-order valence-electron chi connectivity index (χ4n) is 1.35. The molecule has 0 saturated carbocycles. The fraction of sp³-hybridized carbons (Fsp3) is 0.333. The van der Waals surface area contributed by atoms with E-state index in [1.54, 1.807) is 12.1 Å².